The first-order valence-electron chi connectivity index (χ1n) is 5.97. The Bertz CT molecular complexity index is 414. The van der Waals surface area contributed by atoms with Crippen LogP contribution < -0.4 is 5.73 Å². The maximum absolute atomic E-state index is 6.11. The minimum atomic E-state index is 0.0772. The fourth-order valence-corrected chi connectivity index (χ4v) is 2.53. The van der Waals surface area contributed by atoms with E-state index in [2.05, 4.69) is 37.1 Å². The summed E-state index contributed by atoms with van der Waals surface area (Å²) >= 11 is 0. The van der Waals surface area contributed by atoms with Crippen molar-refractivity contribution in [2.24, 2.45) is 16.1 Å². The first-order valence-corrected chi connectivity index (χ1v) is 5.97. The number of amidine groups is 1. The van der Waals surface area contributed by atoms with Crippen molar-refractivity contribution in [1.29, 1.82) is 0 Å². The van der Waals surface area contributed by atoms with Crippen molar-refractivity contribution in [2.45, 2.75) is 40.0 Å². The van der Waals surface area contributed by atoms with E-state index in [1.165, 1.54) is 17.6 Å². The highest BCUT2D eigenvalue weighted by atomic mass is 14.9. The average molecular weight is 216 g/mol. The van der Waals surface area contributed by atoms with Crippen molar-refractivity contribution >= 4 is 5.84 Å². The standard InChI is InChI=1S/C14H20N2/c1-4-6-11-12(9-10(2)3)16-13(15)14(11)7-5-8-14/h4,6,9H,5,7-8H2,1-3H3,(H2,15,16)/b6-4-. The van der Waals surface area contributed by atoms with Crippen LogP contribution in [-0.2, 0) is 0 Å². The van der Waals surface area contributed by atoms with Gasteiger partial charge in [-0.1, -0.05) is 24.1 Å². The van der Waals surface area contributed by atoms with Crippen LogP contribution in [0.4, 0.5) is 0 Å². The summed E-state index contributed by atoms with van der Waals surface area (Å²) in [6.07, 6.45) is 9.97. The van der Waals surface area contributed by atoms with Crippen LogP contribution in [-0.4, -0.2) is 5.84 Å². The van der Waals surface area contributed by atoms with Gasteiger partial charge in [0.1, 0.15) is 5.84 Å². The van der Waals surface area contributed by atoms with Gasteiger partial charge in [-0.05, 0) is 45.3 Å². The van der Waals surface area contributed by atoms with E-state index in [0.29, 0.717) is 0 Å². The smallest absolute Gasteiger partial charge is 0.110 e. The van der Waals surface area contributed by atoms with Crippen LogP contribution in [0.5, 0.6) is 0 Å². The molecule has 0 bridgehead atoms. The minimum Gasteiger partial charge on any atom is -0.386 e. The summed E-state index contributed by atoms with van der Waals surface area (Å²) in [6.45, 7) is 6.24. The molecular formula is C14H20N2. The van der Waals surface area contributed by atoms with Gasteiger partial charge in [0.25, 0.3) is 0 Å². The van der Waals surface area contributed by atoms with Crippen molar-refractivity contribution in [3.05, 3.63) is 35.1 Å². The van der Waals surface area contributed by atoms with Gasteiger partial charge in [-0.2, -0.15) is 0 Å². The van der Waals surface area contributed by atoms with Crippen molar-refractivity contribution in [2.75, 3.05) is 0 Å². The number of nitrogens with zero attached hydrogens (tertiary/aromatic N) is 1. The van der Waals surface area contributed by atoms with Crippen molar-refractivity contribution in [3.63, 3.8) is 0 Å². The van der Waals surface area contributed by atoms with Crippen LogP contribution in [0.2, 0.25) is 0 Å². The van der Waals surface area contributed by atoms with Crippen LogP contribution in [0, 0.1) is 5.41 Å². The topological polar surface area (TPSA) is 38.4 Å². The van der Waals surface area contributed by atoms with Crippen molar-refractivity contribution in [3.8, 4) is 0 Å². The zero-order chi connectivity index (χ0) is 11.8. The molecule has 86 valence electrons. The molecule has 1 saturated carbocycles. The molecule has 2 nitrogen and oxygen atoms in total. The Morgan fingerprint density at radius 3 is 2.50 bits per heavy atom. The fraction of sp³-hybridized carbons (Fsp3) is 0.500. The third-order valence-corrected chi connectivity index (χ3v) is 3.49. The molecule has 0 atom stereocenters. The van der Waals surface area contributed by atoms with Crippen LogP contribution in [0.15, 0.2) is 40.1 Å². The molecule has 1 aliphatic carbocycles. The molecule has 2 aliphatic rings. The maximum Gasteiger partial charge on any atom is 0.110 e. The molecule has 0 aromatic heterocycles. The van der Waals surface area contributed by atoms with E-state index in [-0.39, 0.29) is 5.41 Å². The van der Waals surface area contributed by atoms with Crippen LogP contribution in [0.25, 0.3) is 0 Å². The Labute approximate surface area is 97.6 Å². The molecule has 0 aromatic carbocycles. The van der Waals surface area contributed by atoms with Crippen molar-refractivity contribution in [1.82, 2.24) is 0 Å². The predicted octanol–water partition coefficient (Wildman–Crippen LogP) is 3.32. The Kier molecular flexibility index (Phi) is 2.75. The summed E-state index contributed by atoms with van der Waals surface area (Å²) < 4.78 is 0. The average Bonchev–Trinajstić information content (AvgIpc) is 2.38. The maximum atomic E-state index is 6.11. The Morgan fingerprint density at radius 2 is 2.06 bits per heavy atom. The molecule has 2 rings (SSSR count). The first-order chi connectivity index (χ1) is 7.60. The second-order valence-electron chi connectivity index (χ2n) is 4.95. The Morgan fingerprint density at radius 1 is 1.38 bits per heavy atom. The minimum absolute atomic E-state index is 0.0772. The van der Waals surface area contributed by atoms with E-state index >= 15 is 0 Å². The second-order valence-corrected chi connectivity index (χ2v) is 4.95. The monoisotopic (exact) mass is 216 g/mol. The van der Waals surface area contributed by atoms with E-state index in [1.54, 1.807) is 0 Å². The lowest BCUT2D eigenvalue weighted by Crippen LogP contribution is -2.41. The highest BCUT2D eigenvalue weighted by Gasteiger charge is 2.47. The molecule has 2 heteroatoms. The Balaban J connectivity index is 2.47. The van der Waals surface area contributed by atoms with Gasteiger partial charge in [-0.15, -0.1) is 0 Å². The number of hydrogen-bond donors (Lipinski definition) is 1. The molecule has 0 saturated heterocycles. The summed E-state index contributed by atoms with van der Waals surface area (Å²) in [5.74, 6) is 0.819. The van der Waals surface area contributed by atoms with Crippen molar-refractivity contribution < 1.29 is 0 Å². The van der Waals surface area contributed by atoms with E-state index in [4.69, 9.17) is 5.73 Å². The van der Waals surface area contributed by atoms with Gasteiger partial charge in [-0.25, -0.2) is 4.99 Å². The quantitative estimate of drug-likeness (QED) is 0.755. The van der Waals surface area contributed by atoms with Gasteiger partial charge in [0.2, 0.25) is 0 Å². The van der Waals surface area contributed by atoms with Gasteiger partial charge >= 0.3 is 0 Å². The molecule has 0 unspecified atom stereocenters. The van der Waals surface area contributed by atoms with Gasteiger partial charge < -0.3 is 5.73 Å². The van der Waals surface area contributed by atoms with Gasteiger partial charge in [0.15, 0.2) is 0 Å². The number of allylic oxidation sites excluding steroid dienone is 4. The van der Waals surface area contributed by atoms with Crippen LogP contribution >= 0.6 is 0 Å². The first kappa shape index (κ1) is 11.2. The van der Waals surface area contributed by atoms with Crippen LogP contribution in [0.1, 0.15) is 40.0 Å². The van der Waals surface area contributed by atoms with E-state index in [0.717, 1.165) is 24.4 Å². The van der Waals surface area contributed by atoms with E-state index in [9.17, 15) is 0 Å². The van der Waals surface area contributed by atoms with Crippen LogP contribution in [0.3, 0.4) is 0 Å². The largest absolute Gasteiger partial charge is 0.386 e. The number of hydrogen-bond acceptors (Lipinski definition) is 2. The zero-order valence-electron chi connectivity index (χ0n) is 10.4. The molecule has 16 heavy (non-hydrogen) atoms. The van der Waals surface area contributed by atoms with E-state index in [1.807, 2.05) is 6.92 Å². The summed E-state index contributed by atoms with van der Waals surface area (Å²) in [5.41, 5.74) is 9.84. The van der Waals surface area contributed by atoms with Gasteiger partial charge in [0.05, 0.1) is 11.1 Å². The molecule has 1 aliphatic heterocycles. The lowest BCUT2D eigenvalue weighted by atomic mass is 9.63. The lowest BCUT2D eigenvalue weighted by molar-refractivity contribution is 0.294. The fourth-order valence-electron chi connectivity index (χ4n) is 2.53. The zero-order valence-corrected chi connectivity index (χ0v) is 10.4. The second kappa shape index (κ2) is 3.93. The number of aliphatic imine (C=N–C) groups is 1. The molecule has 1 spiro atoms. The third kappa shape index (κ3) is 1.53. The predicted molar refractivity (Wildman–Crippen MR) is 69.2 cm³/mol. The molecule has 0 aromatic rings. The van der Waals surface area contributed by atoms with E-state index < -0.39 is 0 Å². The number of nitrogens with two attached hydrogens (primary N) is 1. The molecule has 0 amide bonds. The highest BCUT2D eigenvalue weighted by Crippen LogP contribution is 2.52. The third-order valence-electron chi connectivity index (χ3n) is 3.49. The summed E-state index contributed by atoms with van der Waals surface area (Å²) in [6, 6.07) is 0. The molecule has 0 radical (unpaired) electrons. The lowest BCUT2D eigenvalue weighted by Gasteiger charge is -2.39. The summed E-state index contributed by atoms with van der Waals surface area (Å²) in [5, 5.41) is 0. The molecule has 1 fully saturated rings. The van der Waals surface area contributed by atoms with Gasteiger partial charge in [-0.3, -0.25) is 0 Å². The molecule has 2 N–H and O–H groups in total. The number of rotatable bonds is 2. The highest BCUT2D eigenvalue weighted by molar-refractivity contribution is 5.95. The normalized spacial score (nSPS) is 22.6. The van der Waals surface area contributed by atoms with Gasteiger partial charge in [0, 0.05) is 0 Å². The molecule has 1 heterocycles. The Hall–Kier alpha value is -1.31. The summed E-state index contributed by atoms with van der Waals surface area (Å²) in [7, 11) is 0. The summed E-state index contributed by atoms with van der Waals surface area (Å²) in [4.78, 5) is 4.55. The molecular weight excluding hydrogens is 196 g/mol. The SMILES string of the molecule is C/C=C\C1=C(C=C(C)C)N=C(N)C12CCC2.